The summed E-state index contributed by atoms with van der Waals surface area (Å²) >= 11 is 0. The Hall–Kier alpha value is -1.83. The Bertz CT molecular complexity index is 339. The fourth-order valence-corrected chi connectivity index (χ4v) is 0.976. The van der Waals surface area contributed by atoms with Crippen LogP contribution in [0.25, 0.3) is 0 Å². The van der Waals surface area contributed by atoms with E-state index in [2.05, 4.69) is 13.2 Å². The molecular formula is C12H12O2. The van der Waals surface area contributed by atoms with E-state index in [0.29, 0.717) is 12.2 Å². The van der Waals surface area contributed by atoms with Crippen molar-refractivity contribution in [2.45, 2.75) is 0 Å². The fraction of sp³-hybridized carbons (Fsp3) is 0.0833. The number of benzene rings is 1. The number of Topliss-reactive ketones (excluding diaryl/α,β-unsaturated/α-hetero) is 1. The van der Waals surface area contributed by atoms with Crippen LogP contribution in [0.2, 0.25) is 0 Å². The lowest BCUT2D eigenvalue weighted by Crippen LogP contribution is -2.05. The lowest BCUT2D eigenvalue weighted by Gasteiger charge is -2.05. The first-order chi connectivity index (χ1) is 6.75. The van der Waals surface area contributed by atoms with Crippen molar-refractivity contribution in [2.75, 3.05) is 6.61 Å². The Labute approximate surface area is 83.5 Å². The molecule has 0 aliphatic heterocycles. The summed E-state index contributed by atoms with van der Waals surface area (Å²) in [6.07, 6.45) is 1.57. The number of carbonyl (C=O) groups is 1. The Morgan fingerprint density at radius 3 is 2.57 bits per heavy atom. The lowest BCUT2D eigenvalue weighted by molar-refractivity contribution is 0.0938. The number of allylic oxidation sites excluding steroid dienone is 1. The Morgan fingerprint density at radius 1 is 1.36 bits per heavy atom. The van der Waals surface area contributed by atoms with Crippen molar-refractivity contribution < 1.29 is 9.53 Å². The number of carbonyl (C=O) groups excluding carboxylic acids is 1. The van der Waals surface area contributed by atoms with Crippen LogP contribution in [0.5, 0.6) is 0 Å². The second-order valence-corrected chi connectivity index (χ2v) is 2.72. The van der Waals surface area contributed by atoms with Crippen molar-refractivity contribution in [2.24, 2.45) is 0 Å². The van der Waals surface area contributed by atoms with Crippen LogP contribution in [0.15, 0.2) is 55.3 Å². The zero-order valence-electron chi connectivity index (χ0n) is 7.90. The molecule has 0 atom stereocenters. The van der Waals surface area contributed by atoms with Gasteiger partial charge in [0.05, 0.1) is 0 Å². The largest absolute Gasteiger partial charge is 0.486 e. The van der Waals surface area contributed by atoms with Crippen LogP contribution >= 0.6 is 0 Å². The molecule has 1 aromatic rings. The van der Waals surface area contributed by atoms with Gasteiger partial charge in [0.25, 0.3) is 0 Å². The van der Waals surface area contributed by atoms with E-state index in [1.807, 2.05) is 6.07 Å². The standard InChI is InChI=1S/C12H12O2/c1-3-9-14-10(2)12(13)11-7-5-4-6-8-11/h3-8H,1-2,9H2. The summed E-state index contributed by atoms with van der Waals surface area (Å²) in [5.74, 6) is -0.0384. The molecule has 1 rings (SSSR count). The number of hydrogen-bond donors (Lipinski definition) is 0. The first-order valence-corrected chi connectivity index (χ1v) is 4.28. The second-order valence-electron chi connectivity index (χ2n) is 2.72. The van der Waals surface area contributed by atoms with Crippen molar-refractivity contribution in [1.82, 2.24) is 0 Å². The van der Waals surface area contributed by atoms with Crippen LogP contribution < -0.4 is 0 Å². The summed E-state index contributed by atoms with van der Waals surface area (Å²) in [6, 6.07) is 8.90. The maximum Gasteiger partial charge on any atom is 0.226 e. The minimum atomic E-state index is -0.188. The molecule has 72 valence electrons. The maximum atomic E-state index is 11.6. The summed E-state index contributed by atoms with van der Waals surface area (Å²) in [6.45, 7) is 7.34. The van der Waals surface area contributed by atoms with E-state index in [4.69, 9.17) is 4.74 Å². The molecule has 0 saturated heterocycles. The van der Waals surface area contributed by atoms with E-state index in [0.717, 1.165) is 0 Å². The molecular weight excluding hydrogens is 176 g/mol. The van der Waals surface area contributed by atoms with Gasteiger partial charge >= 0.3 is 0 Å². The lowest BCUT2D eigenvalue weighted by atomic mass is 10.1. The zero-order chi connectivity index (χ0) is 10.4. The molecule has 0 aliphatic rings. The zero-order valence-corrected chi connectivity index (χ0v) is 7.90. The van der Waals surface area contributed by atoms with Crippen molar-refractivity contribution in [3.8, 4) is 0 Å². The maximum absolute atomic E-state index is 11.6. The van der Waals surface area contributed by atoms with Crippen LogP contribution in [0.4, 0.5) is 0 Å². The molecule has 0 spiro atoms. The van der Waals surface area contributed by atoms with Gasteiger partial charge in [-0.3, -0.25) is 4.79 Å². The van der Waals surface area contributed by atoms with Gasteiger partial charge in [0.1, 0.15) is 6.61 Å². The highest BCUT2D eigenvalue weighted by Gasteiger charge is 2.09. The Kier molecular flexibility index (Phi) is 3.68. The van der Waals surface area contributed by atoms with Crippen LogP contribution in [0, 0.1) is 0 Å². The molecule has 0 radical (unpaired) electrons. The van der Waals surface area contributed by atoms with E-state index in [-0.39, 0.29) is 11.5 Å². The molecule has 0 aromatic heterocycles. The molecule has 2 nitrogen and oxygen atoms in total. The average Bonchev–Trinajstić information content (AvgIpc) is 2.26. The Morgan fingerprint density at radius 2 is 2.00 bits per heavy atom. The van der Waals surface area contributed by atoms with Gasteiger partial charge in [-0.25, -0.2) is 0 Å². The van der Waals surface area contributed by atoms with E-state index in [1.165, 1.54) is 0 Å². The monoisotopic (exact) mass is 188 g/mol. The average molecular weight is 188 g/mol. The number of rotatable bonds is 5. The quantitative estimate of drug-likeness (QED) is 0.307. The molecule has 0 unspecified atom stereocenters. The third kappa shape index (κ3) is 2.59. The summed E-state index contributed by atoms with van der Waals surface area (Å²) in [5.41, 5.74) is 0.585. The third-order valence-electron chi connectivity index (χ3n) is 1.66. The van der Waals surface area contributed by atoms with E-state index < -0.39 is 0 Å². The van der Waals surface area contributed by atoms with Crippen LogP contribution in [-0.2, 0) is 4.74 Å². The molecule has 0 aliphatic carbocycles. The highest BCUT2D eigenvalue weighted by atomic mass is 16.5. The molecule has 0 saturated carbocycles. The third-order valence-corrected chi connectivity index (χ3v) is 1.66. The SMILES string of the molecule is C=CCOC(=C)C(=O)c1ccccc1. The smallest absolute Gasteiger partial charge is 0.226 e. The second kappa shape index (κ2) is 5.02. The summed E-state index contributed by atoms with van der Waals surface area (Å²) in [4.78, 5) is 11.6. The van der Waals surface area contributed by atoms with Gasteiger partial charge in [-0.2, -0.15) is 0 Å². The molecule has 0 fully saturated rings. The molecule has 0 heterocycles. The normalized spacial score (nSPS) is 9.14. The van der Waals surface area contributed by atoms with Crippen molar-refractivity contribution in [3.05, 3.63) is 60.9 Å². The fourth-order valence-electron chi connectivity index (χ4n) is 0.976. The molecule has 1 aromatic carbocycles. The van der Waals surface area contributed by atoms with Gasteiger partial charge in [0.15, 0.2) is 5.76 Å². The van der Waals surface area contributed by atoms with Crippen molar-refractivity contribution in [3.63, 3.8) is 0 Å². The number of ether oxygens (including phenoxy) is 1. The first-order valence-electron chi connectivity index (χ1n) is 4.28. The van der Waals surface area contributed by atoms with Gasteiger partial charge < -0.3 is 4.74 Å². The Balaban J connectivity index is 2.66. The summed E-state index contributed by atoms with van der Waals surface area (Å²) in [7, 11) is 0. The van der Waals surface area contributed by atoms with Gasteiger partial charge in [-0.1, -0.05) is 49.6 Å². The predicted molar refractivity (Wildman–Crippen MR) is 56.1 cm³/mol. The number of ketones is 1. The molecule has 0 bridgehead atoms. The number of hydrogen-bond acceptors (Lipinski definition) is 2. The van der Waals surface area contributed by atoms with Crippen molar-refractivity contribution in [1.29, 1.82) is 0 Å². The van der Waals surface area contributed by atoms with E-state index in [9.17, 15) is 4.79 Å². The van der Waals surface area contributed by atoms with Gasteiger partial charge in [0.2, 0.25) is 5.78 Å². The first kappa shape index (κ1) is 10.3. The van der Waals surface area contributed by atoms with Gasteiger partial charge in [-0.05, 0) is 0 Å². The minimum absolute atomic E-state index is 0.149. The van der Waals surface area contributed by atoms with Crippen LogP contribution in [0.1, 0.15) is 10.4 Å². The van der Waals surface area contributed by atoms with Crippen LogP contribution in [0.3, 0.4) is 0 Å². The molecule has 0 N–H and O–H groups in total. The van der Waals surface area contributed by atoms with E-state index in [1.54, 1.807) is 30.3 Å². The highest BCUT2D eigenvalue weighted by molar-refractivity contribution is 6.06. The molecule has 2 heteroatoms. The summed E-state index contributed by atoms with van der Waals surface area (Å²) in [5, 5.41) is 0. The van der Waals surface area contributed by atoms with Crippen molar-refractivity contribution >= 4 is 5.78 Å². The predicted octanol–water partition coefficient (Wildman–Crippen LogP) is 2.59. The molecule has 0 amide bonds. The highest BCUT2D eigenvalue weighted by Crippen LogP contribution is 2.07. The van der Waals surface area contributed by atoms with Crippen LogP contribution in [-0.4, -0.2) is 12.4 Å². The topological polar surface area (TPSA) is 26.3 Å². The summed E-state index contributed by atoms with van der Waals surface area (Å²) < 4.78 is 5.05. The minimum Gasteiger partial charge on any atom is -0.486 e. The van der Waals surface area contributed by atoms with Gasteiger partial charge in [0, 0.05) is 5.56 Å². The van der Waals surface area contributed by atoms with E-state index >= 15 is 0 Å². The van der Waals surface area contributed by atoms with Gasteiger partial charge in [-0.15, -0.1) is 0 Å². The molecule has 14 heavy (non-hydrogen) atoms.